The third-order valence-electron chi connectivity index (χ3n) is 3.75. The summed E-state index contributed by atoms with van der Waals surface area (Å²) < 4.78 is 0. The largest absolute Gasteiger partial charge is 0.507 e. The fourth-order valence-corrected chi connectivity index (χ4v) is 2.63. The Hall–Kier alpha value is -2.42. The van der Waals surface area contributed by atoms with Gasteiger partial charge in [-0.25, -0.2) is 4.98 Å². The lowest BCUT2D eigenvalue weighted by atomic mass is 10.0. The molecule has 0 unspecified atom stereocenters. The van der Waals surface area contributed by atoms with Crippen molar-refractivity contribution in [1.82, 2.24) is 4.98 Å². The van der Waals surface area contributed by atoms with Gasteiger partial charge < -0.3 is 5.11 Å². The van der Waals surface area contributed by atoms with Gasteiger partial charge in [-0.15, -0.1) is 0 Å². The van der Waals surface area contributed by atoms with Crippen LogP contribution < -0.4 is 0 Å². The van der Waals surface area contributed by atoms with Crippen LogP contribution >= 0.6 is 0 Å². The zero-order valence-corrected chi connectivity index (χ0v) is 11.5. The second kappa shape index (κ2) is 4.60. The van der Waals surface area contributed by atoms with Gasteiger partial charge in [-0.05, 0) is 31.1 Å². The first kappa shape index (κ1) is 12.6. The van der Waals surface area contributed by atoms with E-state index in [9.17, 15) is 9.90 Å². The molecule has 0 fully saturated rings. The van der Waals surface area contributed by atoms with Gasteiger partial charge in [0.2, 0.25) is 0 Å². The van der Waals surface area contributed by atoms with E-state index in [2.05, 4.69) is 4.98 Å². The van der Waals surface area contributed by atoms with Crippen molar-refractivity contribution in [3.8, 4) is 0 Å². The number of rotatable bonds is 2. The molecule has 3 heteroatoms. The highest BCUT2D eigenvalue weighted by Gasteiger charge is 2.30. The smallest absolute Gasteiger partial charge is 0.195 e. The highest BCUT2D eigenvalue weighted by Crippen LogP contribution is 2.35. The van der Waals surface area contributed by atoms with Crippen molar-refractivity contribution in [2.24, 2.45) is 0 Å². The van der Waals surface area contributed by atoms with Crippen LogP contribution in [-0.2, 0) is 4.79 Å². The summed E-state index contributed by atoms with van der Waals surface area (Å²) in [6.45, 7) is 3.70. The molecule has 1 N–H and O–H groups in total. The average Bonchev–Trinajstić information content (AvgIpc) is 2.68. The van der Waals surface area contributed by atoms with Crippen LogP contribution in [0.5, 0.6) is 0 Å². The number of Topliss-reactive ketones (excluding diaryl/α,β-unsaturated/α-hetero) is 1. The van der Waals surface area contributed by atoms with Crippen LogP contribution in [0.3, 0.4) is 0 Å². The Labute approximate surface area is 117 Å². The third-order valence-corrected chi connectivity index (χ3v) is 3.75. The molecule has 2 aromatic rings. The molecular weight excluding hydrogens is 250 g/mol. The molecule has 1 aliphatic carbocycles. The Morgan fingerprint density at radius 1 is 1.15 bits per heavy atom. The Bertz CT molecular complexity index is 784. The molecular formula is C17H15NO2. The van der Waals surface area contributed by atoms with Gasteiger partial charge in [0.1, 0.15) is 5.76 Å². The lowest BCUT2D eigenvalue weighted by molar-refractivity contribution is -0.110. The number of ketones is 1. The van der Waals surface area contributed by atoms with Crippen molar-refractivity contribution in [1.29, 1.82) is 0 Å². The molecule has 0 saturated carbocycles. The lowest BCUT2D eigenvalue weighted by Gasteiger charge is -2.04. The molecule has 0 atom stereocenters. The summed E-state index contributed by atoms with van der Waals surface area (Å²) >= 11 is 0. The fraction of sp³-hybridized carbons (Fsp3) is 0.176. The number of aliphatic hydroxyl groups is 1. The summed E-state index contributed by atoms with van der Waals surface area (Å²) in [4.78, 5) is 16.9. The van der Waals surface area contributed by atoms with E-state index in [0.29, 0.717) is 28.8 Å². The van der Waals surface area contributed by atoms with Crippen LogP contribution in [0.2, 0.25) is 0 Å². The van der Waals surface area contributed by atoms with E-state index in [-0.39, 0.29) is 11.5 Å². The number of para-hydroxylation sites is 1. The van der Waals surface area contributed by atoms with Crippen molar-refractivity contribution >= 4 is 22.3 Å². The quantitative estimate of drug-likeness (QED) is 0.898. The van der Waals surface area contributed by atoms with Crippen LogP contribution in [-0.4, -0.2) is 15.9 Å². The number of hydrogen-bond acceptors (Lipinski definition) is 3. The minimum Gasteiger partial charge on any atom is -0.507 e. The number of carbonyl (C=O) groups excluding carboxylic acids is 1. The third kappa shape index (κ3) is 1.74. The highest BCUT2D eigenvalue weighted by molar-refractivity contribution is 6.32. The Kier molecular flexibility index (Phi) is 2.90. The SMILES string of the molecule is CCC1=C(C)C(O)=C(c2ccc3ccccc3n2)C1=O. The van der Waals surface area contributed by atoms with Gasteiger partial charge in [-0.1, -0.05) is 31.2 Å². The molecule has 0 amide bonds. The molecule has 0 radical (unpaired) electrons. The van der Waals surface area contributed by atoms with Crippen LogP contribution in [0, 0.1) is 0 Å². The van der Waals surface area contributed by atoms with E-state index in [1.54, 1.807) is 13.0 Å². The van der Waals surface area contributed by atoms with Crippen LogP contribution in [0.15, 0.2) is 53.3 Å². The van der Waals surface area contributed by atoms with Crippen molar-refractivity contribution < 1.29 is 9.90 Å². The maximum absolute atomic E-state index is 12.4. The first-order chi connectivity index (χ1) is 9.63. The molecule has 0 spiro atoms. The number of pyridine rings is 1. The zero-order valence-electron chi connectivity index (χ0n) is 11.5. The van der Waals surface area contributed by atoms with E-state index in [0.717, 1.165) is 10.9 Å². The predicted octanol–water partition coefficient (Wildman–Crippen LogP) is 3.81. The molecule has 1 aliphatic rings. The number of fused-ring (bicyclic) bond motifs is 1. The maximum Gasteiger partial charge on any atom is 0.195 e. The van der Waals surface area contributed by atoms with Crippen LogP contribution in [0.1, 0.15) is 26.0 Å². The molecule has 0 saturated heterocycles. The van der Waals surface area contributed by atoms with Crippen LogP contribution in [0.25, 0.3) is 16.5 Å². The number of allylic oxidation sites excluding steroid dienone is 3. The van der Waals surface area contributed by atoms with E-state index in [4.69, 9.17) is 0 Å². The van der Waals surface area contributed by atoms with Gasteiger partial charge in [0.05, 0.1) is 16.8 Å². The molecule has 3 nitrogen and oxygen atoms in total. The molecule has 1 heterocycles. The second-order valence-corrected chi connectivity index (χ2v) is 4.90. The minimum absolute atomic E-state index is 0.0645. The first-order valence-corrected chi connectivity index (χ1v) is 6.67. The Morgan fingerprint density at radius 2 is 1.90 bits per heavy atom. The highest BCUT2D eigenvalue weighted by atomic mass is 16.3. The number of aliphatic hydroxyl groups excluding tert-OH is 1. The van der Waals surface area contributed by atoms with E-state index < -0.39 is 0 Å². The van der Waals surface area contributed by atoms with Gasteiger partial charge in [0, 0.05) is 11.0 Å². The van der Waals surface area contributed by atoms with E-state index in [1.165, 1.54) is 0 Å². The van der Waals surface area contributed by atoms with Crippen molar-refractivity contribution in [2.75, 3.05) is 0 Å². The van der Waals surface area contributed by atoms with Crippen LogP contribution in [0.4, 0.5) is 0 Å². The Balaban J connectivity index is 2.15. The monoisotopic (exact) mass is 265 g/mol. The molecule has 1 aromatic heterocycles. The molecule has 0 bridgehead atoms. The number of nitrogens with zero attached hydrogens (tertiary/aromatic N) is 1. The first-order valence-electron chi connectivity index (χ1n) is 6.67. The molecule has 0 aliphatic heterocycles. The van der Waals surface area contributed by atoms with Gasteiger partial charge in [0.15, 0.2) is 5.78 Å². The van der Waals surface area contributed by atoms with Gasteiger partial charge in [-0.2, -0.15) is 0 Å². The van der Waals surface area contributed by atoms with Crippen molar-refractivity contribution in [3.63, 3.8) is 0 Å². The summed E-state index contributed by atoms with van der Waals surface area (Å²) in [6.07, 6.45) is 0.617. The summed E-state index contributed by atoms with van der Waals surface area (Å²) in [5.74, 6) is -0.0417. The average molecular weight is 265 g/mol. The molecule has 100 valence electrons. The summed E-state index contributed by atoms with van der Waals surface area (Å²) in [5.41, 5.74) is 3.02. The van der Waals surface area contributed by atoms with Gasteiger partial charge in [0.25, 0.3) is 0 Å². The van der Waals surface area contributed by atoms with Gasteiger partial charge >= 0.3 is 0 Å². The molecule has 20 heavy (non-hydrogen) atoms. The minimum atomic E-state index is -0.106. The zero-order chi connectivity index (χ0) is 14.3. The predicted molar refractivity (Wildman–Crippen MR) is 79.3 cm³/mol. The van der Waals surface area contributed by atoms with E-state index >= 15 is 0 Å². The topological polar surface area (TPSA) is 50.2 Å². The second-order valence-electron chi connectivity index (χ2n) is 4.90. The maximum atomic E-state index is 12.4. The summed E-state index contributed by atoms with van der Waals surface area (Å²) in [6, 6.07) is 11.4. The summed E-state index contributed by atoms with van der Waals surface area (Å²) in [7, 11) is 0. The molecule has 3 rings (SSSR count). The molecule has 1 aromatic carbocycles. The fourth-order valence-electron chi connectivity index (χ4n) is 2.63. The number of hydrogen-bond donors (Lipinski definition) is 1. The number of carbonyl (C=O) groups is 1. The normalized spacial score (nSPS) is 15.6. The van der Waals surface area contributed by atoms with Crippen molar-refractivity contribution in [3.05, 3.63) is 59.0 Å². The lowest BCUT2D eigenvalue weighted by Crippen LogP contribution is -2.03. The van der Waals surface area contributed by atoms with E-state index in [1.807, 2.05) is 37.3 Å². The number of aromatic nitrogens is 1. The van der Waals surface area contributed by atoms with Gasteiger partial charge in [-0.3, -0.25) is 4.79 Å². The van der Waals surface area contributed by atoms with Crippen molar-refractivity contribution in [2.45, 2.75) is 20.3 Å². The standard InChI is InChI=1S/C17H15NO2/c1-3-12-10(2)16(19)15(17(12)20)14-9-8-11-6-4-5-7-13(11)18-14/h4-9,19H,3H2,1-2H3. The number of benzene rings is 1. The summed E-state index contributed by atoms with van der Waals surface area (Å²) in [5, 5.41) is 11.2. The Morgan fingerprint density at radius 3 is 2.60 bits per heavy atom.